The third kappa shape index (κ3) is 3.65. The van der Waals surface area contributed by atoms with Crippen LogP contribution in [0.15, 0.2) is 53.5 Å². The molecule has 1 unspecified atom stereocenters. The maximum atomic E-state index is 11.3. The molecule has 1 atom stereocenters. The van der Waals surface area contributed by atoms with Crippen LogP contribution in [0.1, 0.15) is 17.2 Å². The lowest BCUT2D eigenvalue weighted by atomic mass is 10.1. The van der Waals surface area contributed by atoms with Gasteiger partial charge in [0.05, 0.1) is 12.8 Å². The van der Waals surface area contributed by atoms with Crippen LogP contribution in [0.25, 0.3) is 0 Å². The molecule has 0 radical (unpaired) electrons. The monoisotopic (exact) mass is 327 g/mol. The van der Waals surface area contributed by atoms with E-state index in [4.69, 9.17) is 10.5 Å². The van der Waals surface area contributed by atoms with E-state index in [2.05, 4.69) is 10.3 Å². The SMILES string of the molecule is COc1ccc(NC2=Nc3ccccc3C(CC(N)=O)S2)cc1. The Balaban J connectivity index is 1.84. The minimum atomic E-state index is -0.317. The summed E-state index contributed by atoms with van der Waals surface area (Å²) < 4.78 is 5.15. The van der Waals surface area contributed by atoms with Crippen molar-refractivity contribution >= 4 is 34.2 Å². The number of hydrogen-bond acceptors (Lipinski definition) is 5. The zero-order valence-electron chi connectivity index (χ0n) is 12.7. The number of benzene rings is 2. The molecule has 0 aromatic heterocycles. The van der Waals surface area contributed by atoms with Gasteiger partial charge in [0.2, 0.25) is 5.91 Å². The number of amides is 1. The molecule has 1 amide bonds. The van der Waals surface area contributed by atoms with Gasteiger partial charge in [-0.15, -0.1) is 0 Å². The van der Waals surface area contributed by atoms with Crippen LogP contribution in [0.5, 0.6) is 5.75 Å². The first-order chi connectivity index (χ1) is 11.2. The third-order valence-corrected chi connectivity index (χ3v) is 4.61. The Morgan fingerprint density at radius 3 is 2.70 bits per heavy atom. The molecule has 118 valence electrons. The average molecular weight is 327 g/mol. The molecule has 0 bridgehead atoms. The van der Waals surface area contributed by atoms with Crippen molar-refractivity contribution in [2.75, 3.05) is 12.4 Å². The molecule has 0 fully saturated rings. The maximum absolute atomic E-state index is 11.3. The molecule has 1 aliphatic rings. The van der Waals surface area contributed by atoms with Gasteiger partial charge in [-0.05, 0) is 35.9 Å². The lowest BCUT2D eigenvalue weighted by Crippen LogP contribution is -2.19. The molecule has 2 aromatic carbocycles. The number of rotatable bonds is 4. The fourth-order valence-corrected chi connectivity index (χ4v) is 3.56. The fraction of sp³-hybridized carbons (Fsp3) is 0.176. The second kappa shape index (κ2) is 6.75. The van der Waals surface area contributed by atoms with Crippen LogP contribution in [0.4, 0.5) is 11.4 Å². The topological polar surface area (TPSA) is 76.7 Å². The van der Waals surface area contributed by atoms with E-state index in [0.717, 1.165) is 27.9 Å². The Hall–Kier alpha value is -2.47. The van der Waals surface area contributed by atoms with E-state index in [1.54, 1.807) is 7.11 Å². The van der Waals surface area contributed by atoms with Crippen LogP contribution in [0.2, 0.25) is 0 Å². The molecule has 0 spiro atoms. The predicted octanol–water partition coefficient (Wildman–Crippen LogP) is 3.46. The van der Waals surface area contributed by atoms with Gasteiger partial charge in [0.25, 0.3) is 0 Å². The van der Waals surface area contributed by atoms with Crippen LogP contribution in [0, 0.1) is 0 Å². The quantitative estimate of drug-likeness (QED) is 0.901. The maximum Gasteiger partial charge on any atom is 0.218 e. The van der Waals surface area contributed by atoms with Crippen molar-refractivity contribution in [3.8, 4) is 5.75 Å². The second-order valence-electron chi connectivity index (χ2n) is 5.11. The Morgan fingerprint density at radius 2 is 2.00 bits per heavy atom. The Labute approximate surface area is 138 Å². The summed E-state index contributed by atoms with van der Waals surface area (Å²) in [4.78, 5) is 16.0. The predicted molar refractivity (Wildman–Crippen MR) is 94.3 cm³/mol. The summed E-state index contributed by atoms with van der Waals surface area (Å²) in [7, 11) is 1.63. The number of carbonyl (C=O) groups is 1. The number of nitrogens with zero attached hydrogens (tertiary/aromatic N) is 1. The number of carbonyl (C=O) groups excluding carboxylic acids is 1. The van der Waals surface area contributed by atoms with E-state index in [1.165, 1.54) is 11.8 Å². The van der Waals surface area contributed by atoms with Crippen LogP contribution in [0.3, 0.4) is 0 Å². The summed E-state index contributed by atoms with van der Waals surface area (Å²) in [6, 6.07) is 15.4. The highest BCUT2D eigenvalue weighted by Crippen LogP contribution is 2.42. The number of nitrogens with one attached hydrogen (secondary N) is 1. The number of primary amides is 1. The van der Waals surface area contributed by atoms with E-state index < -0.39 is 0 Å². The van der Waals surface area contributed by atoms with Crippen LogP contribution >= 0.6 is 11.8 Å². The molecule has 5 nitrogen and oxygen atoms in total. The van der Waals surface area contributed by atoms with Gasteiger partial charge >= 0.3 is 0 Å². The number of para-hydroxylation sites is 1. The van der Waals surface area contributed by atoms with Crippen molar-refractivity contribution in [1.82, 2.24) is 0 Å². The van der Waals surface area contributed by atoms with Crippen LogP contribution in [-0.2, 0) is 4.79 Å². The molecule has 0 aliphatic carbocycles. The van der Waals surface area contributed by atoms with Gasteiger partial charge in [0.1, 0.15) is 5.75 Å². The van der Waals surface area contributed by atoms with Crippen LogP contribution < -0.4 is 15.8 Å². The molecule has 2 aromatic rings. The van der Waals surface area contributed by atoms with Gasteiger partial charge in [-0.25, -0.2) is 4.99 Å². The third-order valence-electron chi connectivity index (χ3n) is 3.49. The highest BCUT2D eigenvalue weighted by molar-refractivity contribution is 8.14. The lowest BCUT2D eigenvalue weighted by Gasteiger charge is -2.23. The zero-order valence-corrected chi connectivity index (χ0v) is 13.5. The fourth-order valence-electron chi connectivity index (χ4n) is 2.39. The van der Waals surface area contributed by atoms with Crippen molar-refractivity contribution in [1.29, 1.82) is 0 Å². The molecule has 23 heavy (non-hydrogen) atoms. The van der Waals surface area contributed by atoms with Gasteiger partial charge in [-0.1, -0.05) is 30.0 Å². The number of ether oxygens (including phenoxy) is 1. The van der Waals surface area contributed by atoms with E-state index in [9.17, 15) is 4.79 Å². The van der Waals surface area contributed by atoms with Gasteiger partial charge in [-0.2, -0.15) is 0 Å². The van der Waals surface area contributed by atoms with Crippen molar-refractivity contribution in [3.63, 3.8) is 0 Å². The summed E-state index contributed by atoms with van der Waals surface area (Å²) in [5, 5.41) is 4.01. The molecule has 6 heteroatoms. The molecular formula is C17H17N3O2S. The average Bonchev–Trinajstić information content (AvgIpc) is 2.55. The molecular weight excluding hydrogens is 310 g/mol. The highest BCUT2D eigenvalue weighted by Gasteiger charge is 2.24. The molecule has 1 aliphatic heterocycles. The summed E-state index contributed by atoms with van der Waals surface area (Å²) >= 11 is 1.51. The first kappa shape index (κ1) is 15.4. The largest absolute Gasteiger partial charge is 0.497 e. The second-order valence-corrected chi connectivity index (χ2v) is 6.30. The van der Waals surface area contributed by atoms with Crippen molar-refractivity contribution in [2.24, 2.45) is 10.7 Å². The van der Waals surface area contributed by atoms with E-state index >= 15 is 0 Å². The molecule has 0 saturated heterocycles. The van der Waals surface area contributed by atoms with E-state index in [1.807, 2.05) is 48.5 Å². The summed E-state index contributed by atoms with van der Waals surface area (Å²) in [6.45, 7) is 0. The minimum absolute atomic E-state index is 0.0260. The van der Waals surface area contributed by atoms with Crippen molar-refractivity contribution in [2.45, 2.75) is 11.7 Å². The van der Waals surface area contributed by atoms with Gasteiger partial charge in [0.15, 0.2) is 5.17 Å². The molecule has 3 rings (SSSR count). The number of fused-ring (bicyclic) bond motifs is 1. The number of anilines is 1. The Morgan fingerprint density at radius 1 is 1.26 bits per heavy atom. The lowest BCUT2D eigenvalue weighted by molar-refractivity contribution is -0.118. The van der Waals surface area contributed by atoms with Gasteiger partial charge in [0, 0.05) is 17.4 Å². The molecule has 0 saturated carbocycles. The standard InChI is InChI=1S/C17H17N3O2S/c1-22-12-8-6-11(7-9-12)19-17-20-14-5-3-2-4-13(14)15(23-17)10-16(18)21/h2-9,15H,10H2,1H3,(H2,18,21)(H,19,20). The first-order valence-corrected chi connectivity index (χ1v) is 8.07. The van der Waals surface area contributed by atoms with Crippen molar-refractivity contribution < 1.29 is 9.53 Å². The Bertz CT molecular complexity index is 744. The Kier molecular flexibility index (Phi) is 4.52. The molecule has 1 heterocycles. The number of thioether (sulfide) groups is 1. The number of methoxy groups -OCH3 is 1. The van der Waals surface area contributed by atoms with Gasteiger partial charge < -0.3 is 15.8 Å². The minimum Gasteiger partial charge on any atom is -0.497 e. The normalized spacial score (nSPS) is 16.2. The molecule has 3 N–H and O–H groups in total. The van der Waals surface area contributed by atoms with Crippen LogP contribution in [-0.4, -0.2) is 18.2 Å². The summed E-state index contributed by atoms with van der Waals surface area (Å²) in [6.07, 6.45) is 0.283. The van der Waals surface area contributed by atoms with E-state index in [0.29, 0.717) is 0 Å². The summed E-state index contributed by atoms with van der Waals surface area (Å²) in [5.74, 6) is 0.480. The number of hydrogen-bond donors (Lipinski definition) is 2. The van der Waals surface area contributed by atoms with Gasteiger partial charge in [-0.3, -0.25) is 4.79 Å². The van der Waals surface area contributed by atoms with E-state index in [-0.39, 0.29) is 17.6 Å². The first-order valence-electron chi connectivity index (χ1n) is 7.19. The number of aliphatic imine (C=N–C) groups is 1. The number of nitrogens with two attached hydrogens (primary N) is 1. The highest BCUT2D eigenvalue weighted by atomic mass is 32.2. The summed E-state index contributed by atoms with van der Waals surface area (Å²) in [5.41, 5.74) is 8.20. The number of amidine groups is 1. The van der Waals surface area contributed by atoms with Crippen molar-refractivity contribution in [3.05, 3.63) is 54.1 Å². The zero-order chi connectivity index (χ0) is 16.2. The smallest absolute Gasteiger partial charge is 0.218 e.